The average molecular weight is 431 g/mol. The number of nitrogens with one attached hydrogen (secondary N) is 1. The van der Waals surface area contributed by atoms with Gasteiger partial charge in [0.15, 0.2) is 0 Å². The minimum absolute atomic E-state index is 0.117. The number of carbonyl (C=O) groups excluding carboxylic acids is 2. The summed E-state index contributed by atoms with van der Waals surface area (Å²) in [5.41, 5.74) is 0.276. The van der Waals surface area contributed by atoms with Crippen LogP contribution in [0, 0.1) is 11.8 Å². The minimum Gasteiger partial charge on any atom is -0.466 e. The number of carbonyl (C=O) groups is 2. The van der Waals surface area contributed by atoms with Crippen molar-refractivity contribution in [2.24, 2.45) is 0 Å². The number of aromatic nitrogens is 1. The SMILES string of the molecule is CCOC(=O)CCCN1CCN(c2ccc(C#CCNC(=O)OC(C)(C)C)cn2)CC1. The monoisotopic (exact) mass is 430 g/mol. The van der Waals surface area contributed by atoms with Crippen molar-refractivity contribution in [2.45, 2.75) is 46.1 Å². The van der Waals surface area contributed by atoms with Crippen molar-refractivity contribution < 1.29 is 19.1 Å². The largest absolute Gasteiger partial charge is 0.466 e. The summed E-state index contributed by atoms with van der Waals surface area (Å²) in [6.07, 6.45) is 2.58. The molecule has 0 radical (unpaired) electrons. The molecule has 0 saturated carbocycles. The summed E-state index contributed by atoms with van der Waals surface area (Å²) in [6, 6.07) is 3.91. The molecule has 1 fully saturated rings. The van der Waals surface area contributed by atoms with Crippen LogP contribution in [0.25, 0.3) is 0 Å². The maximum absolute atomic E-state index is 11.6. The molecule has 8 heteroatoms. The number of alkyl carbamates (subject to hydrolysis) is 1. The summed E-state index contributed by atoms with van der Waals surface area (Å²) in [5.74, 6) is 6.71. The van der Waals surface area contributed by atoms with Crippen LogP contribution >= 0.6 is 0 Å². The summed E-state index contributed by atoms with van der Waals surface area (Å²) in [6.45, 7) is 12.5. The summed E-state index contributed by atoms with van der Waals surface area (Å²) in [5, 5.41) is 2.61. The number of ether oxygens (including phenoxy) is 2. The van der Waals surface area contributed by atoms with E-state index < -0.39 is 11.7 Å². The van der Waals surface area contributed by atoms with Gasteiger partial charge in [0, 0.05) is 44.4 Å². The number of anilines is 1. The first-order valence-electron chi connectivity index (χ1n) is 10.8. The highest BCUT2D eigenvalue weighted by molar-refractivity contribution is 5.69. The Morgan fingerprint density at radius 2 is 1.94 bits per heavy atom. The van der Waals surface area contributed by atoms with Gasteiger partial charge < -0.3 is 19.7 Å². The van der Waals surface area contributed by atoms with Gasteiger partial charge >= 0.3 is 12.1 Å². The van der Waals surface area contributed by atoms with Gasteiger partial charge in [0.25, 0.3) is 0 Å². The van der Waals surface area contributed by atoms with Crippen LogP contribution in [0.1, 0.15) is 46.1 Å². The van der Waals surface area contributed by atoms with Crippen molar-refractivity contribution in [3.05, 3.63) is 23.9 Å². The fourth-order valence-corrected chi connectivity index (χ4v) is 3.10. The molecule has 8 nitrogen and oxygen atoms in total. The lowest BCUT2D eigenvalue weighted by atomic mass is 10.2. The van der Waals surface area contributed by atoms with Crippen molar-refractivity contribution >= 4 is 17.9 Å². The van der Waals surface area contributed by atoms with Gasteiger partial charge in [0.1, 0.15) is 11.4 Å². The van der Waals surface area contributed by atoms with E-state index in [2.05, 4.69) is 31.9 Å². The van der Waals surface area contributed by atoms with Crippen LogP contribution in [0.3, 0.4) is 0 Å². The quantitative estimate of drug-likeness (QED) is 0.525. The highest BCUT2D eigenvalue weighted by Crippen LogP contribution is 2.14. The van der Waals surface area contributed by atoms with E-state index in [1.807, 2.05) is 39.8 Å². The summed E-state index contributed by atoms with van der Waals surface area (Å²) in [4.78, 5) is 32.2. The number of pyridine rings is 1. The number of esters is 1. The van der Waals surface area contributed by atoms with Gasteiger partial charge in [-0.25, -0.2) is 9.78 Å². The van der Waals surface area contributed by atoms with Crippen molar-refractivity contribution in [3.8, 4) is 11.8 Å². The number of piperazine rings is 1. The van der Waals surface area contributed by atoms with E-state index in [4.69, 9.17) is 9.47 Å². The van der Waals surface area contributed by atoms with Crippen molar-refractivity contribution in [1.82, 2.24) is 15.2 Å². The van der Waals surface area contributed by atoms with Crippen LogP contribution in [0.5, 0.6) is 0 Å². The van der Waals surface area contributed by atoms with E-state index in [9.17, 15) is 9.59 Å². The molecule has 0 unspecified atom stereocenters. The standard InChI is InChI=1S/C23H34N4O4/c1-5-30-21(28)9-7-13-26-14-16-27(17-15-26)20-11-10-19(18-25-20)8-6-12-24-22(29)31-23(2,3)4/h10-11,18H,5,7,9,12-17H2,1-4H3,(H,24,29). The molecule has 1 aliphatic heterocycles. The van der Waals surface area contributed by atoms with Gasteiger partial charge in [-0.1, -0.05) is 11.8 Å². The molecule has 1 amide bonds. The molecule has 0 spiro atoms. The van der Waals surface area contributed by atoms with Crippen LogP contribution in [-0.2, 0) is 14.3 Å². The third kappa shape index (κ3) is 9.71. The zero-order valence-electron chi connectivity index (χ0n) is 19.1. The first-order valence-corrected chi connectivity index (χ1v) is 10.8. The molecule has 31 heavy (non-hydrogen) atoms. The number of hydrogen-bond acceptors (Lipinski definition) is 7. The maximum atomic E-state index is 11.6. The van der Waals surface area contributed by atoms with E-state index in [0.717, 1.165) is 50.5 Å². The molecule has 0 aliphatic carbocycles. The predicted molar refractivity (Wildman–Crippen MR) is 120 cm³/mol. The zero-order valence-corrected chi connectivity index (χ0v) is 19.1. The van der Waals surface area contributed by atoms with Crippen LogP contribution in [0.2, 0.25) is 0 Å². The molecule has 1 aliphatic rings. The Morgan fingerprint density at radius 3 is 2.55 bits per heavy atom. The van der Waals surface area contributed by atoms with Gasteiger partial charge in [-0.3, -0.25) is 9.69 Å². The fraction of sp³-hybridized carbons (Fsp3) is 0.609. The van der Waals surface area contributed by atoms with Crippen LogP contribution in [-0.4, -0.2) is 73.4 Å². The number of rotatable bonds is 7. The third-order valence-corrected chi connectivity index (χ3v) is 4.56. The molecule has 0 aromatic carbocycles. The Hall–Kier alpha value is -2.79. The normalized spacial score (nSPS) is 14.4. The summed E-state index contributed by atoms with van der Waals surface area (Å²) >= 11 is 0. The average Bonchev–Trinajstić information content (AvgIpc) is 2.71. The lowest BCUT2D eigenvalue weighted by molar-refractivity contribution is -0.143. The first kappa shape index (κ1) is 24.5. The Labute approximate surface area is 185 Å². The predicted octanol–water partition coefficient (Wildman–Crippen LogP) is 2.42. The number of amides is 1. The lowest BCUT2D eigenvalue weighted by Crippen LogP contribution is -2.47. The van der Waals surface area contributed by atoms with Gasteiger partial charge in [0.05, 0.1) is 13.2 Å². The minimum atomic E-state index is -0.522. The highest BCUT2D eigenvalue weighted by Gasteiger charge is 2.18. The summed E-state index contributed by atoms with van der Waals surface area (Å²) < 4.78 is 10.1. The fourth-order valence-electron chi connectivity index (χ4n) is 3.10. The van der Waals surface area contributed by atoms with E-state index in [1.165, 1.54) is 0 Å². The lowest BCUT2D eigenvalue weighted by Gasteiger charge is -2.35. The second-order valence-corrected chi connectivity index (χ2v) is 8.30. The molecule has 2 rings (SSSR count). The molecule has 1 N–H and O–H groups in total. The van der Waals surface area contributed by atoms with Crippen LogP contribution in [0.4, 0.5) is 10.6 Å². The second-order valence-electron chi connectivity index (χ2n) is 8.30. The van der Waals surface area contributed by atoms with Gasteiger partial charge in [0.2, 0.25) is 0 Å². The maximum Gasteiger partial charge on any atom is 0.408 e. The highest BCUT2D eigenvalue weighted by atomic mass is 16.6. The molecule has 1 aromatic heterocycles. The number of hydrogen-bond donors (Lipinski definition) is 1. The van der Waals surface area contributed by atoms with E-state index >= 15 is 0 Å². The van der Waals surface area contributed by atoms with E-state index in [0.29, 0.717) is 13.0 Å². The zero-order chi connectivity index (χ0) is 22.7. The van der Waals surface area contributed by atoms with Gasteiger partial charge in [-0.05, 0) is 52.8 Å². The van der Waals surface area contributed by atoms with Crippen molar-refractivity contribution in [3.63, 3.8) is 0 Å². The van der Waals surface area contributed by atoms with Gasteiger partial charge in [-0.15, -0.1) is 0 Å². The Balaban J connectivity index is 1.71. The molecule has 170 valence electrons. The Morgan fingerprint density at radius 1 is 1.19 bits per heavy atom. The summed E-state index contributed by atoms with van der Waals surface area (Å²) in [7, 11) is 0. The van der Waals surface area contributed by atoms with E-state index in [1.54, 1.807) is 6.20 Å². The third-order valence-electron chi connectivity index (χ3n) is 4.56. The Bertz CT molecular complexity index is 769. The van der Waals surface area contributed by atoms with Crippen LogP contribution in [0.15, 0.2) is 18.3 Å². The Kier molecular flexibility index (Phi) is 9.60. The molecule has 0 atom stereocenters. The molecule has 2 heterocycles. The first-order chi connectivity index (χ1) is 14.8. The second kappa shape index (κ2) is 12.2. The van der Waals surface area contributed by atoms with E-state index in [-0.39, 0.29) is 12.5 Å². The number of nitrogens with zero attached hydrogens (tertiary/aromatic N) is 3. The molecular formula is C23H34N4O4. The molecular weight excluding hydrogens is 396 g/mol. The molecule has 1 saturated heterocycles. The van der Waals surface area contributed by atoms with Gasteiger partial charge in [-0.2, -0.15) is 0 Å². The molecule has 1 aromatic rings. The van der Waals surface area contributed by atoms with Crippen molar-refractivity contribution in [1.29, 1.82) is 0 Å². The topological polar surface area (TPSA) is 84.0 Å². The van der Waals surface area contributed by atoms with Crippen molar-refractivity contribution in [2.75, 3.05) is 50.8 Å². The van der Waals surface area contributed by atoms with Crippen LogP contribution < -0.4 is 10.2 Å². The smallest absolute Gasteiger partial charge is 0.408 e. The molecule has 0 bridgehead atoms.